The van der Waals surface area contributed by atoms with Gasteiger partial charge in [0.05, 0.1) is 0 Å². The first-order chi connectivity index (χ1) is 5.01. The van der Waals surface area contributed by atoms with Crippen LogP contribution in [0.4, 0.5) is 13.2 Å². The van der Waals surface area contributed by atoms with Crippen molar-refractivity contribution in [3.8, 4) is 0 Å². The van der Waals surface area contributed by atoms with Crippen molar-refractivity contribution in [2.75, 3.05) is 0 Å². The lowest BCUT2D eigenvalue weighted by atomic mass is 9.72. The topological polar surface area (TPSA) is 0 Å². The van der Waals surface area contributed by atoms with E-state index in [1.807, 2.05) is 6.92 Å². The minimum absolute atomic E-state index is 0.0695. The van der Waals surface area contributed by atoms with Gasteiger partial charge in [-0.05, 0) is 24.7 Å². The molecule has 0 saturated heterocycles. The highest BCUT2D eigenvalue weighted by molar-refractivity contribution is 4.80. The Labute approximate surface area is 64.8 Å². The minimum Gasteiger partial charge on any atom is -0.171 e. The minimum atomic E-state index is -3.94. The molecule has 0 aromatic carbocycles. The lowest BCUT2D eigenvalue weighted by Gasteiger charge is -2.35. The van der Waals surface area contributed by atoms with Crippen LogP contribution in [0.25, 0.3) is 0 Å². The van der Waals surface area contributed by atoms with Gasteiger partial charge in [0.1, 0.15) is 0 Å². The summed E-state index contributed by atoms with van der Waals surface area (Å²) in [5.74, 6) is 0.502. The molecule has 0 heterocycles. The summed E-state index contributed by atoms with van der Waals surface area (Å²) in [6.45, 7) is 2.04. The number of alkyl halides is 3. The first-order valence-electron chi connectivity index (χ1n) is 4.08. The van der Waals surface area contributed by atoms with Crippen molar-refractivity contribution in [1.82, 2.24) is 0 Å². The van der Waals surface area contributed by atoms with Crippen LogP contribution in [0.3, 0.4) is 0 Å². The summed E-state index contributed by atoms with van der Waals surface area (Å²) in [6, 6.07) is 0. The zero-order chi connectivity index (χ0) is 8.48. The van der Waals surface area contributed by atoms with E-state index in [9.17, 15) is 13.2 Å². The predicted molar refractivity (Wildman–Crippen MR) is 37.2 cm³/mol. The highest BCUT2D eigenvalue weighted by Crippen LogP contribution is 2.42. The molecule has 1 aliphatic rings. The molecule has 1 rings (SSSR count). The fraction of sp³-hybridized carbons (Fsp3) is 1.00. The quantitative estimate of drug-likeness (QED) is 0.590. The monoisotopic (exact) mass is 166 g/mol. The summed E-state index contributed by atoms with van der Waals surface area (Å²) in [4.78, 5) is 0. The smallest absolute Gasteiger partial charge is 0.171 e. The Bertz CT molecular complexity index is 122. The van der Waals surface area contributed by atoms with E-state index >= 15 is 0 Å². The van der Waals surface area contributed by atoms with E-state index in [4.69, 9.17) is 0 Å². The summed E-state index contributed by atoms with van der Waals surface area (Å²) in [6.07, 6.45) is -1.90. The van der Waals surface area contributed by atoms with Crippen molar-refractivity contribution in [2.45, 2.75) is 38.8 Å². The van der Waals surface area contributed by atoms with Crippen LogP contribution in [0.5, 0.6) is 0 Å². The van der Waals surface area contributed by atoms with Crippen molar-refractivity contribution in [3.63, 3.8) is 0 Å². The molecule has 0 aromatic rings. The average Bonchev–Trinajstić information content (AvgIpc) is 1.75. The Balaban J connectivity index is 2.14. The summed E-state index contributed by atoms with van der Waals surface area (Å²) in [7, 11) is 0. The first-order valence-corrected chi connectivity index (χ1v) is 4.08. The second-order valence-electron chi connectivity index (χ2n) is 3.43. The van der Waals surface area contributed by atoms with Crippen LogP contribution in [0, 0.1) is 11.8 Å². The van der Waals surface area contributed by atoms with Gasteiger partial charge in [-0.3, -0.25) is 0 Å². The maximum absolute atomic E-state index is 11.8. The van der Waals surface area contributed by atoms with Gasteiger partial charge < -0.3 is 0 Å². The van der Waals surface area contributed by atoms with Crippen LogP contribution < -0.4 is 0 Å². The molecule has 0 N–H and O–H groups in total. The van der Waals surface area contributed by atoms with E-state index in [-0.39, 0.29) is 5.92 Å². The first kappa shape index (κ1) is 8.88. The van der Waals surface area contributed by atoms with Crippen LogP contribution in [-0.4, -0.2) is 6.18 Å². The molecule has 0 bridgehead atoms. The SMILES string of the molecule is CCC1CC(CC(F)(F)F)C1. The van der Waals surface area contributed by atoms with E-state index in [2.05, 4.69) is 0 Å². The van der Waals surface area contributed by atoms with E-state index in [1.54, 1.807) is 0 Å². The van der Waals surface area contributed by atoms with Gasteiger partial charge in [0.15, 0.2) is 0 Å². The molecule has 11 heavy (non-hydrogen) atoms. The molecule has 0 radical (unpaired) electrons. The van der Waals surface area contributed by atoms with Crippen molar-refractivity contribution in [1.29, 1.82) is 0 Å². The van der Waals surface area contributed by atoms with Crippen molar-refractivity contribution >= 4 is 0 Å². The molecular weight excluding hydrogens is 153 g/mol. The van der Waals surface area contributed by atoms with Gasteiger partial charge in [-0.25, -0.2) is 0 Å². The summed E-state index contributed by atoms with van der Waals surface area (Å²) < 4.78 is 35.3. The van der Waals surface area contributed by atoms with E-state index in [0.717, 1.165) is 19.3 Å². The summed E-state index contributed by atoms with van der Waals surface area (Å²) >= 11 is 0. The fourth-order valence-corrected chi connectivity index (χ4v) is 1.70. The number of hydrogen-bond donors (Lipinski definition) is 0. The van der Waals surface area contributed by atoms with Crippen LogP contribution in [0.1, 0.15) is 32.6 Å². The molecule has 1 fully saturated rings. The van der Waals surface area contributed by atoms with Crippen LogP contribution in [-0.2, 0) is 0 Å². The zero-order valence-corrected chi connectivity index (χ0v) is 6.62. The lowest BCUT2D eigenvalue weighted by molar-refractivity contribution is -0.153. The molecule has 0 atom stereocenters. The third-order valence-corrected chi connectivity index (χ3v) is 2.43. The van der Waals surface area contributed by atoms with Gasteiger partial charge in [-0.1, -0.05) is 13.3 Å². The number of rotatable bonds is 2. The maximum atomic E-state index is 11.8. The Morgan fingerprint density at radius 2 is 1.73 bits per heavy atom. The maximum Gasteiger partial charge on any atom is 0.389 e. The molecule has 0 aliphatic heterocycles. The van der Waals surface area contributed by atoms with E-state index in [1.165, 1.54) is 0 Å². The largest absolute Gasteiger partial charge is 0.389 e. The van der Waals surface area contributed by atoms with Gasteiger partial charge in [0, 0.05) is 6.42 Å². The second-order valence-corrected chi connectivity index (χ2v) is 3.43. The normalized spacial score (nSPS) is 31.6. The Hall–Kier alpha value is -0.210. The Morgan fingerprint density at radius 3 is 2.09 bits per heavy atom. The van der Waals surface area contributed by atoms with Crippen molar-refractivity contribution in [3.05, 3.63) is 0 Å². The molecular formula is C8H13F3. The molecule has 0 spiro atoms. The van der Waals surface area contributed by atoms with Crippen LogP contribution in [0.15, 0.2) is 0 Å². The highest BCUT2D eigenvalue weighted by atomic mass is 19.4. The molecule has 0 nitrogen and oxygen atoms in total. The highest BCUT2D eigenvalue weighted by Gasteiger charge is 2.37. The summed E-state index contributed by atoms with van der Waals surface area (Å²) in [5.41, 5.74) is 0. The Kier molecular flexibility index (Phi) is 2.45. The number of hydrogen-bond acceptors (Lipinski definition) is 0. The number of halogens is 3. The fourth-order valence-electron chi connectivity index (χ4n) is 1.70. The summed E-state index contributed by atoms with van der Waals surface area (Å²) in [5, 5.41) is 0. The molecule has 1 saturated carbocycles. The third kappa shape index (κ3) is 2.72. The second kappa shape index (κ2) is 3.03. The van der Waals surface area contributed by atoms with Gasteiger partial charge >= 0.3 is 6.18 Å². The van der Waals surface area contributed by atoms with E-state index in [0.29, 0.717) is 5.92 Å². The molecule has 0 amide bonds. The molecule has 66 valence electrons. The lowest BCUT2D eigenvalue weighted by Crippen LogP contribution is -2.27. The van der Waals surface area contributed by atoms with Crippen molar-refractivity contribution < 1.29 is 13.2 Å². The Morgan fingerprint density at radius 1 is 1.18 bits per heavy atom. The van der Waals surface area contributed by atoms with Crippen molar-refractivity contribution in [2.24, 2.45) is 11.8 Å². The molecule has 3 heteroatoms. The van der Waals surface area contributed by atoms with E-state index < -0.39 is 12.6 Å². The van der Waals surface area contributed by atoms with Gasteiger partial charge in [0.25, 0.3) is 0 Å². The predicted octanol–water partition coefficient (Wildman–Crippen LogP) is 3.38. The van der Waals surface area contributed by atoms with Gasteiger partial charge in [0.2, 0.25) is 0 Å². The zero-order valence-electron chi connectivity index (χ0n) is 6.62. The van der Waals surface area contributed by atoms with Crippen LogP contribution >= 0.6 is 0 Å². The molecule has 1 aliphatic carbocycles. The molecule has 0 unspecified atom stereocenters. The molecule has 0 aromatic heterocycles. The van der Waals surface area contributed by atoms with Crippen LogP contribution in [0.2, 0.25) is 0 Å². The van der Waals surface area contributed by atoms with Gasteiger partial charge in [-0.2, -0.15) is 13.2 Å². The average molecular weight is 166 g/mol. The van der Waals surface area contributed by atoms with Gasteiger partial charge in [-0.15, -0.1) is 0 Å². The third-order valence-electron chi connectivity index (χ3n) is 2.43. The standard InChI is InChI=1S/C8H13F3/c1-2-6-3-7(4-6)5-8(9,10)11/h6-7H,2-5H2,1H3.